The Morgan fingerprint density at radius 2 is 1.70 bits per heavy atom. The van der Waals surface area contributed by atoms with Gasteiger partial charge in [0.1, 0.15) is 24.4 Å². The molecular formula is C19H36O8. The van der Waals surface area contributed by atoms with Crippen molar-refractivity contribution in [1.29, 1.82) is 0 Å². The third kappa shape index (κ3) is 5.39. The van der Waals surface area contributed by atoms with Crippen molar-refractivity contribution in [2.75, 3.05) is 13.2 Å². The van der Waals surface area contributed by atoms with Crippen LogP contribution in [0.2, 0.25) is 0 Å². The number of hydrogen-bond acceptors (Lipinski definition) is 8. The topological polar surface area (TPSA) is 140 Å². The lowest BCUT2D eigenvalue weighted by molar-refractivity contribution is -0.310. The van der Waals surface area contributed by atoms with Gasteiger partial charge in [-0.3, -0.25) is 0 Å². The average Bonchev–Trinajstić information content (AvgIpc) is 2.59. The van der Waals surface area contributed by atoms with Gasteiger partial charge in [0, 0.05) is 6.61 Å². The van der Waals surface area contributed by atoms with Crippen molar-refractivity contribution < 1.29 is 40.1 Å². The van der Waals surface area contributed by atoms with Crippen LogP contribution in [-0.2, 0) is 9.47 Å². The largest absolute Gasteiger partial charge is 0.396 e. The zero-order chi connectivity index (χ0) is 20.4. The minimum absolute atomic E-state index is 0.0307. The molecule has 1 aliphatic carbocycles. The molecule has 8 nitrogen and oxygen atoms in total. The second kappa shape index (κ2) is 9.45. The van der Waals surface area contributed by atoms with Crippen LogP contribution < -0.4 is 0 Å². The normalized spacial score (nSPS) is 43.4. The van der Waals surface area contributed by atoms with Crippen molar-refractivity contribution in [2.24, 2.45) is 17.3 Å². The van der Waals surface area contributed by atoms with E-state index in [9.17, 15) is 30.6 Å². The summed E-state index contributed by atoms with van der Waals surface area (Å²) in [6.45, 7) is 5.58. The van der Waals surface area contributed by atoms with Gasteiger partial charge in [-0.2, -0.15) is 0 Å². The fourth-order valence-corrected chi connectivity index (χ4v) is 4.71. The highest BCUT2D eigenvalue weighted by atomic mass is 16.7. The predicted octanol–water partition coefficient (Wildman–Crippen LogP) is -0.623. The van der Waals surface area contributed by atoms with Gasteiger partial charge in [0.25, 0.3) is 0 Å². The zero-order valence-corrected chi connectivity index (χ0v) is 16.4. The van der Waals surface area contributed by atoms with Crippen molar-refractivity contribution in [1.82, 2.24) is 0 Å². The highest BCUT2D eigenvalue weighted by molar-refractivity contribution is 4.92. The smallest absolute Gasteiger partial charge is 0.186 e. The van der Waals surface area contributed by atoms with Gasteiger partial charge in [0.15, 0.2) is 6.29 Å². The van der Waals surface area contributed by atoms with Crippen molar-refractivity contribution in [2.45, 2.75) is 89.4 Å². The lowest BCUT2D eigenvalue weighted by atomic mass is 9.61. The van der Waals surface area contributed by atoms with Gasteiger partial charge in [-0.15, -0.1) is 0 Å². The fourth-order valence-electron chi connectivity index (χ4n) is 4.71. The molecule has 2 fully saturated rings. The molecule has 6 N–H and O–H groups in total. The summed E-state index contributed by atoms with van der Waals surface area (Å²) in [5, 5.41) is 58.8. The highest BCUT2D eigenvalue weighted by Crippen LogP contribution is 2.46. The van der Waals surface area contributed by atoms with Gasteiger partial charge in [-0.1, -0.05) is 13.8 Å². The molecule has 1 heterocycles. The van der Waals surface area contributed by atoms with E-state index in [0.29, 0.717) is 19.3 Å². The van der Waals surface area contributed by atoms with Gasteiger partial charge >= 0.3 is 0 Å². The molecule has 1 saturated carbocycles. The monoisotopic (exact) mass is 392 g/mol. The molecule has 160 valence electrons. The lowest BCUT2D eigenvalue weighted by Gasteiger charge is -2.46. The summed E-state index contributed by atoms with van der Waals surface area (Å²) in [6, 6.07) is 0. The fraction of sp³-hybridized carbons (Fsp3) is 1.00. The molecule has 0 aromatic rings. The summed E-state index contributed by atoms with van der Waals surface area (Å²) in [5.74, 6) is 0.259. The SMILES string of the molecule is C[C@H](CC[C@@H]1[C@@H](CO)C[C@H](O)CC1(C)C)O[C@@H]1O[C@H](CO)[C@@H](O)[C@H](O)[C@H]1O. The third-order valence-corrected chi connectivity index (χ3v) is 6.24. The van der Waals surface area contributed by atoms with Crippen molar-refractivity contribution in [3.8, 4) is 0 Å². The predicted molar refractivity (Wildman–Crippen MR) is 96.6 cm³/mol. The summed E-state index contributed by atoms with van der Waals surface area (Å²) in [4.78, 5) is 0. The van der Waals surface area contributed by atoms with E-state index in [-0.39, 0.29) is 30.0 Å². The van der Waals surface area contributed by atoms with E-state index >= 15 is 0 Å². The van der Waals surface area contributed by atoms with Crippen LogP contribution >= 0.6 is 0 Å². The quantitative estimate of drug-likeness (QED) is 0.337. The Bertz CT molecular complexity index is 457. The van der Waals surface area contributed by atoms with E-state index in [1.54, 1.807) is 0 Å². The maximum absolute atomic E-state index is 10.1. The lowest BCUT2D eigenvalue weighted by Crippen LogP contribution is -2.59. The molecule has 0 unspecified atom stereocenters. The Morgan fingerprint density at radius 3 is 2.30 bits per heavy atom. The molecule has 0 aromatic carbocycles. The summed E-state index contributed by atoms with van der Waals surface area (Å²) >= 11 is 0. The summed E-state index contributed by atoms with van der Waals surface area (Å²) in [5.41, 5.74) is -0.103. The van der Waals surface area contributed by atoms with Crippen LogP contribution in [0.5, 0.6) is 0 Å². The van der Waals surface area contributed by atoms with E-state index < -0.39 is 43.4 Å². The van der Waals surface area contributed by atoms with Gasteiger partial charge < -0.3 is 40.1 Å². The standard InChI is InChI=1S/C19H36O8/c1-10(26-18-17(25)16(24)15(23)14(9-21)27-18)4-5-13-11(8-20)6-12(22)7-19(13,2)3/h10-18,20-25H,4-9H2,1-3H3/t10-,11-,12+,13-,14-,15-,16+,17-,18-/m1/s1. The van der Waals surface area contributed by atoms with Gasteiger partial charge in [0.2, 0.25) is 0 Å². The van der Waals surface area contributed by atoms with Crippen LogP contribution in [0.25, 0.3) is 0 Å². The minimum atomic E-state index is -1.45. The summed E-state index contributed by atoms with van der Waals surface area (Å²) in [7, 11) is 0. The minimum Gasteiger partial charge on any atom is -0.396 e. The van der Waals surface area contributed by atoms with E-state index in [1.165, 1.54) is 0 Å². The number of ether oxygens (including phenoxy) is 2. The van der Waals surface area contributed by atoms with Crippen molar-refractivity contribution in [3.63, 3.8) is 0 Å². The Kier molecular flexibility index (Phi) is 8.04. The number of rotatable bonds is 7. The van der Waals surface area contributed by atoms with Gasteiger partial charge in [-0.05, 0) is 49.9 Å². The van der Waals surface area contributed by atoms with Crippen LogP contribution in [0.15, 0.2) is 0 Å². The molecule has 2 rings (SSSR count). The van der Waals surface area contributed by atoms with Crippen LogP contribution in [0, 0.1) is 17.3 Å². The maximum atomic E-state index is 10.1. The second-order valence-corrected chi connectivity index (χ2v) is 8.85. The molecule has 27 heavy (non-hydrogen) atoms. The molecule has 0 spiro atoms. The van der Waals surface area contributed by atoms with E-state index in [4.69, 9.17) is 9.47 Å². The van der Waals surface area contributed by atoms with Crippen LogP contribution in [-0.4, -0.2) is 86.8 Å². The Morgan fingerprint density at radius 1 is 1.04 bits per heavy atom. The zero-order valence-electron chi connectivity index (χ0n) is 16.4. The number of hydrogen-bond donors (Lipinski definition) is 6. The first-order valence-electron chi connectivity index (χ1n) is 9.85. The Hall–Kier alpha value is -0.320. The van der Waals surface area contributed by atoms with Gasteiger partial charge in [0.05, 0.1) is 18.8 Å². The first-order chi connectivity index (χ1) is 12.6. The molecule has 8 heteroatoms. The Balaban J connectivity index is 1.92. The third-order valence-electron chi connectivity index (χ3n) is 6.24. The van der Waals surface area contributed by atoms with Crippen LogP contribution in [0.3, 0.4) is 0 Å². The first kappa shape index (κ1) is 23.0. The summed E-state index contributed by atoms with van der Waals surface area (Å²) < 4.78 is 11.1. The number of aliphatic hydroxyl groups is 6. The average molecular weight is 392 g/mol. The van der Waals surface area contributed by atoms with Gasteiger partial charge in [-0.25, -0.2) is 0 Å². The highest BCUT2D eigenvalue weighted by Gasteiger charge is 2.45. The second-order valence-electron chi connectivity index (χ2n) is 8.85. The molecule has 0 amide bonds. The van der Waals surface area contributed by atoms with E-state index in [0.717, 1.165) is 6.42 Å². The molecule has 1 saturated heterocycles. The van der Waals surface area contributed by atoms with Crippen molar-refractivity contribution >= 4 is 0 Å². The molecule has 0 bridgehead atoms. The molecule has 0 aromatic heterocycles. The van der Waals surface area contributed by atoms with Crippen LogP contribution in [0.1, 0.15) is 46.5 Å². The molecule has 1 aliphatic heterocycles. The van der Waals surface area contributed by atoms with E-state index in [2.05, 4.69) is 13.8 Å². The molecular weight excluding hydrogens is 356 g/mol. The maximum Gasteiger partial charge on any atom is 0.186 e. The number of aliphatic hydroxyl groups excluding tert-OH is 6. The molecule has 0 radical (unpaired) electrons. The molecule has 2 aliphatic rings. The first-order valence-corrected chi connectivity index (χ1v) is 9.85. The molecule has 9 atom stereocenters. The summed E-state index contributed by atoms with van der Waals surface area (Å²) in [6.07, 6.45) is -4.36. The Labute approximate surface area is 160 Å². The van der Waals surface area contributed by atoms with Crippen LogP contribution in [0.4, 0.5) is 0 Å². The van der Waals surface area contributed by atoms with E-state index in [1.807, 2.05) is 6.92 Å². The van der Waals surface area contributed by atoms with Crippen molar-refractivity contribution in [3.05, 3.63) is 0 Å².